The molecule has 118 valence electrons. The number of Topliss-reactive ketones (excluding diaryl/α,β-unsaturated/α-hetero) is 1. The standard InChI is InChI=1S/C17H17N3O3/c1-10(20-9-18-8-19-20)16(21)12-5-6-14(22-2)17-13(12)7-15(23-17)11-3-4-11/h5-11H,3-4H2,1-2H3. The van der Waals surface area contributed by atoms with Crippen molar-refractivity contribution < 1.29 is 13.9 Å². The van der Waals surface area contributed by atoms with Crippen molar-refractivity contribution in [3.8, 4) is 5.75 Å². The van der Waals surface area contributed by atoms with Crippen LogP contribution in [-0.2, 0) is 0 Å². The second-order valence-corrected chi connectivity index (χ2v) is 5.90. The quantitative estimate of drug-likeness (QED) is 0.676. The Morgan fingerprint density at radius 2 is 2.26 bits per heavy atom. The summed E-state index contributed by atoms with van der Waals surface area (Å²) < 4.78 is 12.9. The second kappa shape index (κ2) is 5.22. The molecule has 6 nitrogen and oxygen atoms in total. The van der Waals surface area contributed by atoms with Crippen LogP contribution in [0, 0.1) is 0 Å². The molecule has 1 aliphatic rings. The average molecular weight is 311 g/mol. The van der Waals surface area contributed by atoms with Crippen LogP contribution in [0.5, 0.6) is 5.75 Å². The summed E-state index contributed by atoms with van der Waals surface area (Å²) in [5.74, 6) is 2.04. The first kappa shape index (κ1) is 14.0. The van der Waals surface area contributed by atoms with Crippen LogP contribution < -0.4 is 4.74 Å². The van der Waals surface area contributed by atoms with Crippen molar-refractivity contribution in [2.75, 3.05) is 7.11 Å². The summed E-state index contributed by atoms with van der Waals surface area (Å²) in [6.45, 7) is 1.81. The number of ketones is 1. The Kier molecular flexibility index (Phi) is 3.18. The Balaban J connectivity index is 1.81. The number of hydrogen-bond donors (Lipinski definition) is 0. The van der Waals surface area contributed by atoms with Gasteiger partial charge in [0.15, 0.2) is 17.1 Å². The molecule has 2 aromatic heterocycles. The third-order valence-electron chi connectivity index (χ3n) is 4.34. The normalized spacial score (nSPS) is 15.7. The van der Waals surface area contributed by atoms with Crippen LogP contribution in [0.3, 0.4) is 0 Å². The average Bonchev–Trinajstić information content (AvgIpc) is 3.10. The van der Waals surface area contributed by atoms with Crippen molar-refractivity contribution in [1.82, 2.24) is 14.8 Å². The molecule has 23 heavy (non-hydrogen) atoms. The third kappa shape index (κ3) is 2.30. The molecule has 1 saturated carbocycles. The molecule has 0 radical (unpaired) electrons. The first-order chi connectivity index (χ1) is 11.2. The molecule has 4 rings (SSSR count). The van der Waals surface area contributed by atoms with Gasteiger partial charge in [-0.05, 0) is 38.0 Å². The molecule has 1 aromatic carbocycles. The van der Waals surface area contributed by atoms with Crippen LogP contribution >= 0.6 is 0 Å². The lowest BCUT2D eigenvalue weighted by atomic mass is 10.0. The first-order valence-electron chi connectivity index (χ1n) is 7.67. The highest BCUT2D eigenvalue weighted by Crippen LogP contribution is 2.44. The molecule has 1 unspecified atom stereocenters. The van der Waals surface area contributed by atoms with E-state index in [4.69, 9.17) is 9.15 Å². The molecule has 0 spiro atoms. The van der Waals surface area contributed by atoms with Crippen molar-refractivity contribution >= 4 is 16.8 Å². The Bertz CT molecular complexity index is 863. The minimum atomic E-state index is -0.423. The van der Waals surface area contributed by atoms with Crippen molar-refractivity contribution in [2.24, 2.45) is 0 Å². The van der Waals surface area contributed by atoms with Crippen molar-refractivity contribution in [2.45, 2.75) is 31.7 Å². The van der Waals surface area contributed by atoms with E-state index in [9.17, 15) is 4.79 Å². The van der Waals surface area contributed by atoms with Gasteiger partial charge >= 0.3 is 0 Å². The predicted molar refractivity (Wildman–Crippen MR) is 83.8 cm³/mol. The van der Waals surface area contributed by atoms with E-state index < -0.39 is 6.04 Å². The summed E-state index contributed by atoms with van der Waals surface area (Å²) in [5, 5.41) is 4.87. The van der Waals surface area contributed by atoms with Crippen LogP contribution in [-0.4, -0.2) is 27.7 Å². The molecular weight excluding hydrogens is 294 g/mol. The number of hydrogen-bond acceptors (Lipinski definition) is 5. The van der Waals surface area contributed by atoms with Crippen LogP contribution in [0.25, 0.3) is 11.0 Å². The SMILES string of the molecule is COc1ccc(C(=O)C(C)n2cncn2)c2cc(C3CC3)oc12. The number of fused-ring (bicyclic) bond motifs is 1. The van der Waals surface area contributed by atoms with Gasteiger partial charge in [-0.25, -0.2) is 9.67 Å². The van der Waals surface area contributed by atoms with Crippen LogP contribution in [0.15, 0.2) is 35.3 Å². The Morgan fingerprint density at radius 3 is 2.91 bits per heavy atom. The molecule has 3 aromatic rings. The van der Waals surface area contributed by atoms with Gasteiger partial charge in [0.2, 0.25) is 0 Å². The zero-order valence-electron chi connectivity index (χ0n) is 13.0. The maximum atomic E-state index is 12.9. The molecule has 1 aliphatic carbocycles. The molecule has 0 N–H and O–H groups in total. The lowest BCUT2D eigenvalue weighted by molar-refractivity contribution is 0.0929. The second-order valence-electron chi connectivity index (χ2n) is 5.90. The minimum absolute atomic E-state index is 0.0219. The van der Waals surface area contributed by atoms with Gasteiger partial charge in [-0.1, -0.05) is 0 Å². The van der Waals surface area contributed by atoms with Crippen molar-refractivity contribution in [1.29, 1.82) is 0 Å². The van der Waals surface area contributed by atoms with Gasteiger partial charge in [0.1, 0.15) is 24.5 Å². The monoisotopic (exact) mass is 311 g/mol. The molecule has 0 amide bonds. The van der Waals surface area contributed by atoms with Crippen LogP contribution in [0.1, 0.15) is 47.8 Å². The highest BCUT2D eigenvalue weighted by atomic mass is 16.5. The Hall–Kier alpha value is -2.63. The van der Waals surface area contributed by atoms with Crippen LogP contribution in [0.2, 0.25) is 0 Å². The van der Waals surface area contributed by atoms with Gasteiger partial charge in [-0.15, -0.1) is 0 Å². The molecular formula is C17H17N3O3. The molecule has 2 heterocycles. The molecule has 0 aliphatic heterocycles. The number of furan rings is 1. The first-order valence-corrected chi connectivity index (χ1v) is 7.67. The van der Waals surface area contributed by atoms with E-state index in [0.717, 1.165) is 24.0 Å². The number of nitrogens with zero attached hydrogens (tertiary/aromatic N) is 3. The molecule has 1 fully saturated rings. The zero-order valence-corrected chi connectivity index (χ0v) is 13.0. The summed E-state index contributed by atoms with van der Waals surface area (Å²) in [6, 6.07) is 5.14. The van der Waals surface area contributed by atoms with E-state index in [1.54, 1.807) is 30.3 Å². The zero-order chi connectivity index (χ0) is 16.0. The number of benzene rings is 1. The summed E-state index contributed by atoms with van der Waals surface area (Å²) in [6.07, 6.45) is 5.26. The van der Waals surface area contributed by atoms with Gasteiger partial charge in [0.25, 0.3) is 0 Å². The Morgan fingerprint density at radius 1 is 1.43 bits per heavy atom. The number of rotatable bonds is 5. The minimum Gasteiger partial charge on any atom is -0.493 e. The van der Waals surface area contributed by atoms with Crippen LogP contribution in [0.4, 0.5) is 0 Å². The Labute approximate surface area is 133 Å². The number of methoxy groups -OCH3 is 1. The van der Waals surface area contributed by atoms with E-state index >= 15 is 0 Å². The van der Waals surface area contributed by atoms with E-state index in [0.29, 0.717) is 22.8 Å². The number of carbonyl (C=O) groups excluding carboxylic acids is 1. The predicted octanol–water partition coefficient (Wildman–Crippen LogP) is 3.35. The lowest BCUT2D eigenvalue weighted by Crippen LogP contribution is -2.17. The van der Waals surface area contributed by atoms with Crippen molar-refractivity contribution in [3.05, 3.63) is 42.2 Å². The van der Waals surface area contributed by atoms with E-state index in [1.807, 2.05) is 13.0 Å². The molecule has 0 bridgehead atoms. The largest absolute Gasteiger partial charge is 0.493 e. The smallest absolute Gasteiger partial charge is 0.187 e. The summed E-state index contributed by atoms with van der Waals surface area (Å²) >= 11 is 0. The fourth-order valence-electron chi connectivity index (χ4n) is 2.82. The van der Waals surface area contributed by atoms with E-state index in [2.05, 4.69) is 10.1 Å². The fourth-order valence-corrected chi connectivity index (χ4v) is 2.82. The molecule has 1 atom stereocenters. The maximum Gasteiger partial charge on any atom is 0.187 e. The summed E-state index contributed by atoms with van der Waals surface area (Å²) in [5.41, 5.74) is 1.27. The van der Waals surface area contributed by atoms with Gasteiger partial charge in [-0.2, -0.15) is 5.10 Å². The lowest BCUT2D eigenvalue weighted by Gasteiger charge is -2.11. The fraction of sp³-hybridized carbons (Fsp3) is 0.353. The topological polar surface area (TPSA) is 70.2 Å². The summed E-state index contributed by atoms with van der Waals surface area (Å²) in [7, 11) is 1.60. The van der Waals surface area contributed by atoms with E-state index in [-0.39, 0.29) is 5.78 Å². The molecule has 6 heteroatoms. The van der Waals surface area contributed by atoms with Gasteiger partial charge in [0.05, 0.1) is 7.11 Å². The highest BCUT2D eigenvalue weighted by Gasteiger charge is 2.29. The van der Waals surface area contributed by atoms with E-state index in [1.165, 1.54) is 6.33 Å². The molecule has 0 saturated heterocycles. The highest BCUT2D eigenvalue weighted by molar-refractivity contribution is 6.10. The maximum absolute atomic E-state index is 12.9. The third-order valence-corrected chi connectivity index (χ3v) is 4.34. The van der Waals surface area contributed by atoms with Gasteiger partial charge in [0, 0.05) is 16.9 Å². The number of ether oxygens (including phenoxy) is 1. The summed E-state index contributed by atoms with van der Waals surface area (Å²) in [4.78, 5) is 16.8. The number of carbonyl (C=O) groups is 1. The van der Waals surface area contributed by atoms with Crippen molar-refractivity contribution in [3.63, 3.8) is 0 Å². The van der Waals surface area contributed by atoms with Gasteiger partial charge in [-0.3, -0.25) is 4.79 Å². The van der Waals surface area contributed by atoms with Gasteiger partial charge < -0.3 is 9.15 Å². The number of aromatic nitrogens is 3.